The van der Waals surface area contributed by atoms with E-state index in [4.69, 9.17) is 4.74 Å². The maximum absolute atomic E-state index is 11.9. The van der Waals surface area contributed by atoms with Gasteiger partial charge in [-0.3, -0.25) is 9.79 Å². The Hall–Kier alpha value is -1.17. The molecule has 1 saturated heterocycles. The maximum atomic E-state index is 11.9. The molecule has 1 N–H and O–H groups in total. The molecule has 0 aliphatic carbocycles. The molecule has 1 fully saturated rings. The smallest absolute Gasteiger partial charge is 0.310 e. The summed E-state index contributed by atoms with van der Waals surface area (Å²) in [6, 6.07) is 0. The van der Waals surface area contributed by atoms with Crippen LogP contribution < -0.4 is 5.32 Å². The SMILES string of the molecule is C=CCSCCNC(=NC)N1CCC[C@H](C(=O)OCC)C1. The normalized spacial score (nSPS) is 19.2. The lowest BCUT2D eigenvalue weighted by Crippen LogP contribution is -2.48. The average molecular weight is 313 g/mol. The van der Waals surface area contributed by atoms with Crippen LogP contribution in [0.4, 0.5) is 0 Å². The van der Waals surface area contributed by atoms with Crippen LogP contribution in [0, 0.1) is 5.92 Å². The second-order valence-corrected chi connectivity index (χ2v) is 6.02. The number of rotatable bonds is 7. The van der Waals surface area contributed by atoms with Gasteiger partial charge in [-0.1, -0.05) is 6.08 Å². The molecule has 1 atom stereocenters. The van der Waals surface area contributed by atoms with Crippen molar-refractivity contribution in [2.24, 2.45) is 10.9 Å². The van der Waals surface area contributed by atoms with Gasteiger partial charge in [-0.05, 0) is 19.8 Å². The average Bonchev–Trinajstić information content (AvgIpc) is 2.51. The summed E-state index contributed by atoms with van der Waals surface area (Å²) in [5.41, 5.74) is 0. The first kappa shape index (κ1) is 17.9. The second kappa shape index (κ2) is 10.5. The summed E-state index contributed by atoms with van der Waals surface area (Å²) in [6.07, 6.45) is 3.81. The van der Waals surface area contributed by atoms with E-state index in [0.717, 1.165) is 43.4 Å². The number of hydrogen-bond acceptors (Lipinski definition) is 4. The van der Waals surface area contributed by atoms with Crippen LogP contribution in [0.15, 0.2) is 17.6 Å². The third kappa shape index (κ3) is 6.42. The largest absolute Gasteiger partial charge is 0.466 e. The molecule has 5 nitrogen and oxygen atoms in total. The first-order valence-electron chi connectivity index (χ1n) is 7.53. The Labute approximate surface area is 132 Å². The van der Waals surface area contributed by atoms with Gasteiger partial charge in [0.2, 0.25) is 0 Å². The summed E-state index contributed by atoms with van der Waals surface area (Å²) >= 11 is 1.84. The van der Waals surface area contributed by atoms with Gasteiger partial charge in [-0.2, -0.15) is 11.8 Å². The number of aliphatic imine (C=N–C) groups is 1. The van der Waals surface area contributed by atoms with Crippen molar-refractivity contribution in [1.82, 2.24) is 10.2 Å². The van der Waals surface area contributed by atoms with Crippen LogP contribution in [-0.4, -0.2) is 61.6 Å². The molecule has 120 valence electrons. The van der Waals surface area contributed by atoms with Gasteiger partial charge in [0, 0.05) is 38.2 Å². The molecule has 0 aromatic heterocycles. The summed E-state index contributed by atoms with van der Waals surface area (Å²) in [7, 11) is 1.78. The van der Waals surface area contributed by atoms with Crippen molar-refractivity contribution in [2.75, 3.05) is 44.8 Å². The Bertz CT molecular complexity index is 361. The summed E-state index contributed by atoms with van der Waals surface area (Å²) in [4.78, 5) is 18.3. The molecule has 6 heteroatoms. The number of carbonyl (C=O) groups excluding carboxylic acids is 1. The van der Waals surface area contributed by atoms with E-state index >= 15 is 0 Å². The van der Waals surface area contributed by atoms with Crippen molar-refractivity contribution in [3.8, 4) is 0 Å². The van der Waals surface area contributed by atoms with Crippen molar-refractivity contribution in [3.05, 3.63) is 12.7 Å². The van der Waals surface area contributed by atoms with E-state index in [0.29, 0.717) is 13.2 Å². The summed E-state index contributed by atoms with van der Waals surface area (Å²) in [5.74, 6) is 2.74. The molecule has 0 amide bonds. The molecule has 0 aromatic carbocycles. The number of carbonyl (C=O) groups is 1. The fourth-order valence-corrected chi connectivity index (χ4v) is 2.94. The molecule has 1 rings (SSSR count). The number of guanidine groups is 1. The van der Waals surface area contributed by atoms with Crippen molar-refractivity contribution in [2.45, 2.75) is 19.8 Å². The van der Waals surface area contributed by atoms with E-state index in [-0.39, 0.29) is 11.9 Å². The molecule has 0 unspecified atom stereocenters. The van der Waals surface area contributed by atoms with Gasteiger partial charge in [0.05, 0.1) is 12.5 Å². The van der Waals surface area contributed by atoms with Gasteiger partial charge in [0.1, 0.15) is 0 Å². The maximum Gasteiger partial charge on any atom is 0.310 e. The third-order valence-electron chi connectivity index (χ3n) is 3.32. The molecule has 1 heterocycles. The molecule has 1 aliphatic rings. The number of likely N-dealkylation sites (tertiary alicyclic amines) is 1. The monoisotopic (exact) mass is 313 g/mol. The zero-order valence-electron chi connectivity index (χ0n) is 13.1. The molecular weight excluding hydrogens is 286 g/mol. The molecule has 0 bridgehead atoms. The summed E-state index contributed by atoms with van der Waals surface area (Å²) in [6.45, 7) is 8.50. The quantitative estimate of drug-likeness (QED) is 0.255. The highest BCUT2D eigenvalue weighted by Crippen LogP contribution is 2.18. The molecule has 1 aliphatic heterocycles. The summed E-state index contributed by atoms with van der Waals surface area (Å²) < 4.78 is 5.13. The highest BCUT2D eigenvalue weighted by Gasteiger charge is 2.28. The van der Waals surface area contributed by atoms with E-state index in [1.54, 1.807) is 7.05 Å². The second-order valence-electron chi connectivity index (χ2n) is 4.87. The molecule has 0 radical (unpaired) electrons. The van der Waals surface area contributed by atoms with Crippen LogP contribution >= 0.6 is 11.8 Å². The number of esters is 1. The van der Waals surface area contributed by atoms with Crippen LogP contribution in [0.25, 0.3) is 0 Å². The van der Waals surface area contributed by atoms with Gasteiger partial charge >= 0.3 is 5.97 Å². The highest BCUT2D eigenvalue weighted by molar-refractivity contribution is 7.99. The first-order valence-corrected chi connectivity index (χ1v) is 8.69. The minimum Gasteiger partial charge on any atom is -0.466 e. The Kier molecular flexibility index (Phi) is 8.98. The first-order chi connectivity index (χ1) is 10.2. The van der Waals surface area contributed by atoms with Gasteiger partial charge < -0.3 is 15.0 Å². The lowest BCUT2D eigenvalue weighted by molar-refractivity contribution is -0.149. The highest BCUT2D eigenvalue weighted by atomic mass is 32.2. The van der Waals surface area contributed by atoms with E-state index in [9.17, 15) is 4.79 Å². The van der Waals surface area contributed by atoms with Gasteiger partial charge in [0.15, 0.2) is 5.96 Å². The molecular formula is C15H27N3O2S. The minimum atomic E-state index is -0.0841. The molecule has 0 aromatic rings. The fourth-order valence-electron chi connectivity index (χ4n) is 2.36. The standard InChI is InChI=1S/C15H27N3O2S/c1-4-10-21-11-8-17-15(16-3)18-9-6-7-13(12-18)14(19)20-5-2/h4,13H,1,5-12H2,2-3H3,(H,16,17)/t13-/m0/s1. The van der Waals surface area contributed by atoms with Gasteiger partial charge in [-0.15, -0.1) is 6.58 Å². The zero-order chi connectivity index (χ0) is 15.5. The minimum absolute atomic E-state index is 0.0348. The number of thioether (sulfide) groups is 1. The van der Waals surface area contributed by atoms with Crippen LogP contribution in [0.2, 0.25) is 0 Å². The fraction of sp³-hybridized carbons (Fsp3) is 0.733. The third-order valence-corrected chi connectivity index (χ3v) is 4.28. The number of nitrogens with one attached hydrogen (secondary N) is 1. The zero-order valence-corrected chi connectivity index (χ0v) is 14.0. The predicted molar refractivity (Wildman–Crippen MR) is 89.8 cm³/mol. The Morgan fingerprint density at radius 3 is 3.10 bits per heavy atom. The number of hydrogen-bond donors (Lipinski definition) is 1. The van der Waals surface area contributed by atoms with Crippen molar-refractivity contribution in [1.29, 1.82) is 0 Å². The van der Waals surface area contributed by atoms with Crippen LogP contribution in [0.5, 0.6) is 0 Å². The number of piperidine rings is 1. The van der Waals surface area contributed by atoms with Gasteiger partial charge in [0.25, 0.3) is 0 Å². The lowest BCUT2D eigenvalue weighted by Gasteiger charge is -2.33. The van der Waals surface area contributed by atoms with Crippen molar-refractivity contribution < 1.29 is 9.53 Å². The van der Waals surface area contributed by atoms with E-state index in [1.807, 2.05) is 24.8 Å². The van der Waals surface area contributed by atoms with Crippen LogP contribution in [0.1, 0.15) is 19.8 Å². The Morgan fingerprint density at radius 2 is 2.43 bits per heavy atom. The Balaban J connectivity index is 2.41. The summed E-state index contributed by atoms with van der Waals surface area (Å²) in [5, 5.41) is 3.36. The lowest BCUT2D eigenvalue weighted by atomic mass is 9.98. The van der Waals surface area contributed by atoms with E-state index in [2.05, 4.69) is 21.8 Å². The number of ether oxygens (including phenoxy) is 1. The Morgan fingerprint density at radius 1 is 1.62 bits per heavy atom. The topological polar surface area (TPSA) is 53.9 Å². The van der Waals surface area contributed by atoms with Crippen molar-refractivity contribution >= 4 is 23.7 Å². The molecule has 21 heavy (non-hydrogen) atoms. The molecule has 0 saturated carbocycles. The number of nitrogens with zero attached hydrogens (tertiary/aromatic N) is 2. The predicted octanol–water partition coefficient (Wildman–Crippen LogP) is 1.76. The van der Waals surface area contributed by atoms with E-state index < -0.39 is 0 Å². The van der Waals surface area contributed by atoms with Crippen LogP contribution in [-0.2, 0) is 9.53 Å². The molecule has 0 spiro atoms. The van der Waals surface area contributed by atoms with Gasteiger partial charge in [-0.25, -0.2) is 0 Å². The van der Waals surface area contributed by atoms with Crippen LogP contribution in [0.3, 0.4) is 0 Å². The van der Waals surface area contributed by atoms with E-state index in [1.165, 1.54) is 0 Å². The van der Waals surface area contributed by atoms with Crippen molar-refractivity contribution in [3.63, 3.8) is 0 Å².